The molecule has 0 unspecified atom stereocenters. The molecule has 0 bridgehead atoms. The second kappa shape index (κ2) is 7.83. The van der Waals surface area contributed by atoms with Crippen LogP contribution in [0.1, 0.15) is 23.0 Å². The second-order valence-corrected chi connectivity index (χ2v) is 6.44. The molecule has 26 heavy (non-hydrogen) atoms. The predicted molar refractivity (Wildman–Crippen MR) is 101 cm³/mol. The standard InChI is InChI=1S/C18H16N4O3S/c1-12(23)13-5-6-15(17(10-13)22(24)25)20-9-7-14-11-26-18(21-14)16-4-2-3-8-19-16/h2-6,8,10-11,20H,7,9H2,1H3. The van der Waals surface area contributed by atoms with Gasteiger partial charge in [-0.05, 0) is 31.2 Å². The lowest BCUT2D eigenvalue weighted by Gasteiger charge is -2.07. The van der Waals surface area contributed by atoms with Crippen molar-refractivity contribution in [3.63, 3.8) is 0 Å². The number of hydrogen-bond donors (Lipinski definition) is 1. The van der Waals surface area contributed by atoms with E-state index >= 15 is 0 Å². The fourth-order valence-corrected chi connectivity index (χ4v) is 3.23. The number of pyridine rings is 1. The molecule has 0 fully saturated rings. The Bertz CT molecular complexity index is 941. The molecule has 8 heteroatoms. The Hall–Kier alpha value is -3.13. The van der Waals surface area contributed by atoms with E-state index in [2.05, 4.69) is 15.3 Å². The number of aromatic nitrogens is 2. The fraction of sp³-hybridized carbons (Fsp3) is 0.167. The van der Waals surface area contributed by atoms with Crippen molar-refractivity contribution in [1.29, 1.82) is 0 Å². The molecule has 0 saturated carbocycles. The van der Waals surface area contributed by atoms with Crippen LogP contribution in [0.3, 0.4) is 0 Å². The van der Waals surface area contributed by atoms with E-state index in [0.717, 1.165) is 16.4 Å². The molecule has 132 valence electrons. The number of nitrogens with one attached hydrogen (secondary N) is 1. The molecule has 0 saturated heterocycles. The van der Waals surface area contributed by atoms with Crippen LogP contribution in [0.15, 0.2) is 48.0 Å². The number of nitrogens with zero attached hydrogens (tertiary/aromatic N) is 3. The van der Waals surface area contributed by atoms with E-state index < -0.39 is 4.92 Å². The monoisotopic (exact) mass is 368 g/mol. The second-order valence-electron chi connectivity index (χ2n) is 5.58. The van der Waals surface area contributed by atoms with E-state index in [4.69, 9.17) is 0 Å². The lowest BCUT2D eigenvalue weighted by atomic mass is 10.1. The lowest BCUT2D eigenvalue weighted by Crippen LogP contribution is -2.08. The van der Waals surface area contributed by atoms with Crippen molar-refractivity contribution < 1.29 is 9.72 Å². The maximum atomic E-state index is 11.4. The molecule has 0 aliphatic heterocycles. The van der Waals surface area contributed by atoms with Crippen molar-refractivity contribution in [2.75, 3.05) is 11.9 Å². The van der Waals surface area contributed by atoms with Gasteiger partial charge in [-0.2, -0.15) is 0 Å². The van der Waals surface area contributed by atoms with Crippen LogP contribution in [0, 0.1) is 10.1 Å². The molecule has 3 rings (SSSR count). The molecule has 2 aromatic heterocycles. The number of carbonyl (C=O) groups is 1. The van der Waals surface area contributed by atoms with Gasteiger partial charge in [-0.25, -0.2) is 4.98 Å². The Balaban J connectivity index is 1.66. The maximum absolute atomic E-state index is 11.4. The first-order valence-corrected chi connectivity index (χ1v) is 8.81. The largest absolute Gasteiger partial charge is 0.379 e. The highest BCUT2D eigenvalue weighted by Gasteiger charge is 2.16. The summed E-state index contributed by atoms with van der Waals surface area (Å²) < 4.78 is 0. The minimum Gasteiger partial charge on any atom is -0.379 e. The van der Waals surface area contributed by atoms with Gasteiger partial charge in [-0.15, -0.1) is 11.3 Å². The maximum Gasteiger partial charge on any atom is 0.293 e. The van der Waals surface area contributed by atoms with Gasteiger partial charge in [0.15, 0.2) is 5.78 Å². The molecule has 0 spiro atoms. The van der Waals surface area contributed by atoms with Crippen LogP contribution < -0.4 is 5.32 Å². The normalized spacial score (nSPS) is 10.5. The first-order valence-electron chi connectivity index (χ1n) is 7.93. The quantitative estimate of drug-likeness (QED) is 0.385. The Labute approximate surface area is 153 Å². The summed E-state index contributed by atoms with van der Waals surface area (Å²) in [6, 6.07) is 10.1. The zero-order valence-corrected chi connectivity index (χ0v) is 14.8. The molecular formula is C18H16N4O3S. The van der Waals surface area contributed by atoms with Crippen LogP contribution >= 0.6 is 11.3 Å². The molecule has 2 heterocycles. The molecule has 1 N–H and O–H groups in total. The summed E-state index contributed by atoms with van der Waals surface area (Å²) in [7, 11) is 0. The summed E-state index contributed by atoms with van der Waals surface area (Å²) >= 11 is 1.51. The van der Waals surface area contributed by atoms with E-state index in [-0.39, 0.29) is 11.5 Å². The van der Waals surface area contributed by atoms with Gasteiger partial charge < -0.3 is 5.32 Å². The van der Waals surface area contributed by atoms with Crippen LogP contribution in [0.4, 0.5) is 11.4 Å². The Morgan fingerprint density at radius 2 is 2.15 bits per heavy atom. The summed E-state index contributed by atoms with van der Waals surface area (Å²) in [5.41, 5.74) is 2.32. The van der Waals surface area contributed by atoms with Gasteiger partial charge >= 0.3 is 0 Å². The Kier molecular flexibility index (Phi) is 5.33. The van der Waals surface area contributed by atoms with Crippen molar-refractivity contribution in [1.82, 2.24) is 9.97 Å². The molecule has 0 atom stereocenters. The zero-order chi connectivity index (χ0) is 18.5. The number of hydrogen-bond acceptors (Lipinski definition) is 7. The number of Topliss-reactive ketones (excluding diaryl/α,β-unsaturated/α-hetero) is 1. The van der Waals surface area contributed by atoms with Gasteiger partial charge in [0.05, 0.1) is 16.3 Å². The van der Waals surface area contributed by atoms with Crippen molar-refractivity contribution >= 4 is 28.5 Å². The van der Waals surface area contributed by atoms with Gasteiger partial charge in [0.1, 0.15) is 10.7 Å². The van der Waals surface area contributed by atoms with Gasteiger partial charge in [0.2, 0.25) is 0 Å². The third-order valence-corrected chi connectivity index (χ3v) is 4.65. The van der Waals surface area contributed by atoms with Crippen molar-refractivity contribution in [2.24, 2.45) is 0 Å². The molecule has 0 aliphatic carbocycles. The molecular weight excluding hydrogens is 352 g/mol. The average molecular weight is 368 g/mol. The summed E-state index contributed by atoms with van der Waals surface area (Å²) in [5.74, 6) is -0.204. The van der Waals surface area contributed by atoms with Gasteiger partial charge in [0.25, 0.3) is 5.69 Å². The first kappa shape index (κ1) is 17.7. The third kappa shape index (κ3) is 4.09. The number of nitro benzene ring substituents is 1. The Morgan fingerprint density at radius 3 is 2.85 bits per heavy atom. The average Bonchev–Trinajstić information content (AvgIpc) is 3.11. The first-order chi connectivity index (χ1) is 12.5. The van der Waals surface area contributed by atoms with Crippen LogP contribution in [0.25, 0.3) is 10.7 Å². The Morgan fingerprint density at radius 1 is 1.31 bits per heavy atom. The summed E-state index contributed by atoms with van der Waals surface area (Å²) in [5, 5.41) is 17.1. The fourth-order valence-electron chi connectivity index (χ4n) is 2.41. The van der Waals surface area contributed by atoms with Crippen LogP contribution in [-0.4, -0.2) is 27.2 Å². The van der Waals surface area contributed by atoms with Gasteiger partial charge in [-0.3, -0.25) is 19.9 Å². The zero-order valence-electron chi connectivity index (χ0n) is 14.0. The van der Waals surface area contributed by atoms with Gasteiger partial charge in [-0.1, -0.05) is 6.07 Å². The number of rotatable bonds is 7. The van der Waals surface area contributed by atoms with E-state index in [9.17, 15) is 14.9 Å². The molecule has 7 nitrogen and oxygen atoms in total. The SMILES string of the molecule is CC(=O)c1ccc(NCCc2csc(-c3ccccn3)n2)c([N+](=O)[O-])c1. The van der Waals surface area contributed by atoms with E-state index in [1.165, 1.54) is 24.3 Å². The number of carbonyl (C=O) groups excluding carboxylic acids is 1. The number of thiazole rings is 1. The summed E-state index contributed by atoms with van der Waals surface area (Å²) in [6.45, 7) is 1.87. The minimum absolute atomic E-state index is 0.106. The van der Waals surface area contributed by atoms with Crippen molar-refractivity contribution in [3.8, 4) is 10.7 Å². The number of anilines is 1. The third-order valence-electron chi connectivity index (χ3n) is 3.73. The molecule has 0 radical (unpaired) electrons. The molecule has 0 aliphatic rings. The van der Waals surface area contributed by atoms with Crippen LogP contribution in [0.2, 0.25) is 0 Å². The highest BCUT2D eigenvalue weighted by molar-refractivity contribution is 7.13. The summed E-state index contributed by atoms with van der Waals surface area (Å²) in [6.07, 6.45) is 2.34. The molecule has 3 aromatic rings. The molecule has 0 amide bonds. The highest BCUT2D eigenvalue weighted by Crippen LogP contribution is 2.26. The molecule has 1 aromatic carbocycles. The number of ketones is 1. The van der Waals surface area contributed by atoms with E-state index in [1.54, 1.807) is 18.3 Å². The van der Waals surface area contributed by atoms with Crippen molar-refractivity contribution in [3.05, 3.63) is 69.3 Å². The van der Waals surface area contributed by atoms with Crippen LogP contribution in [0.5, 0.6) is 0 Å². The number of nitro groups is 1. The van der Waals surface area contributed by atoms with E-state index in [0.29, 0.717) is 24.2 Å². The highest BCUT2D eigenvalue weighted by atomic mass is 32.1. The smallest absolute Gasteiger partial charge is 0.293 e. The topological polar surface area (TPSA) is 98.0 Å². The summed E-state index contributed by atoms with van der Waals surface area (Å²) in [4.78, 5) is 30.9. The van der Waals surface area contributed by atoms with Gasteiger partial charge in [0, 0.05) is 36.2 Å². The van der Waals surface area contributed by atoms with E-state index in [1.807, 2.05) is 23.6 Å². The number of benzene rings is 1. The predicted octanol–water partition coefficient (Wildman–Crippen LogP) is 3.97. The van der Waals surface area contributed by atoms with Crippen LogP contribution in [-0.2, 0) is 6.42 Å². The minimum atomic E-state index is -0.489. The van der Waals surface area contributed by atoms with Crippen molar-refractivity contribution in [2.45, 2.75) is 13.3 Å². The lowest BCUT2D eigenvalue weighted by molar-refractivity contribution is -0.384.